The Kier molecular flexibility index (Phi) is 5.73. The van der Waals surface area contributed by atoms with Gasteiger partial charge >= 0.3 is 0 Å². The third-order valence-corrected chi connectivity index (χ3v) is 4.92. The zero-order valence-electron chi connectivity index (χ0n) is 10.9. The van der Waals surface area contributed by atoms with Crippen LogP contribution in [-0.4, -0.2) is 12.8 Å². The van der Waals surface area contributed by atoms with Crippen LogP contribution in [0.1, 0.15) is 11.6 Å². The summed E-state index contributed by atoms with van der Waals surface area (Å²) in [6.45, 7) is 0. The van der Waals surface area contributed by atoms with Crippen LogP contribution in [0.4, 0.5) is 4.39 Å². The van der Waals surface area contributed by atoms with E-state index in [1.807, 2.05) is 25.2 Å². The van der Waals surface area contributed by atoms with Gasteiger partial charge in [-0.3, -0.25) is 0 Å². The van der Waals surface area contributed by atoms with Crippen LogP contribution in [0.2, 0.25) is 10.0 Å². The summed E-state index contributed by atoms with van der Waals surface area (Å²) in [7, 11) is 1.85. The fourth-order valence-electron chi connectivity index (χ4n) is 1.85. The van der Waals surface area contributed by atoms with Crippen LogP contribution in [0.25, 0.3) is 0 Å². The standard InChI is InChI=1S/C15H14Cl2FNS/c1-19-13(10-5-4-6-11(16)15(10)17)9-20-14-8-3-2-7-12(14)18/h2-8,13,19H,9H2,1H3. The molecule has 0 saturated carbocycles. The smallest absolute Gasteiger partial charge is 0.136 e. The molecule has 2 rings (SSSR count). The first kappa shape index (κ1) is 15.6. The normalized spacial score (nSPS) is 12.4. The molecule has 1 atom stereocenters. The summed E-state index contributed by atoms with van der Waals surface area (Å²) in [5.41, 5.74) is 0.922. The lowest BCUT2D eigenvalue weighted by molar-refractivity contribution is 0.601. The van der Waals surface area contributed by atoms with Gasteiger partial charge in [-0.1, -0.05) is 47.5 Å². The van der Waals surface area contributed by atoms with Crippen molar-refractivity contribution in [2.75, 3.05) is 12.8 Å². The Balaban J connectivity index is 2.14. The van der Waals surface area contributed by atoms with Crippen molar-refractivity contribution in [1.29, 1.82) is 0 Å². The van der Waals surface area contributed by atoms with Gasteiger partial charge in [0.2, 0.25) is 0 Å². The van der Waals surface area contributed by atoms with Crippen LogP contribution >= 0.6 is 35.0 Å². The van der Waals surface area contributed by atoms with Gasteiger partial charge in [0.05, 0.1) is 10.0 Å². The summed E-state index contributed by atoms with van der Waals surface area (Å²) in [5.74, 6) is 0.460. The van der Waals surface area contributed by atoms with Crippen LogP contribution in [0.3, 0.4) is 0 Å². The number of benzene rings is 2. The molecule has 20 heavy (non-hydrogen) atoms. The first-order chi connectivity index (χ1) is 9.63. The SMILES string of the molecule is CNC(CSc1ccccc1F)c1cccc(Cl)c1Cl. The van der Waals surface area contributed by atoms with E-state index in [1.165, 1.54) is 17.8 Å². The molecule has 0 aliphatic heterocycles. The molecular weight excluding hydrogens is 316 g/mol. The number of rotatable bonds is 5. The lowest BCUT2D eigenvalue weighted by Gasteiger charge is -2.18. The van der Waals surface area contributed by atoms with Crippen LogP contribution in [-0.2, 0) is 0 Å². The fraction of sp³-hybridized carbons (Fsp3) is 0.200. The molecule has 1 nitrogen and oxygen atoms in total. The number of nitrogens with one attached hydrogen (secondary N) is 1. The van der Waals surface area contributed by atoms with Gasteiger partial charge in [-0.15, -0.1) is 11.8 Å². The molecule has 5 heteroatoms. The highest BCUT2D eigenvalue weighted by Crippen LogP contribution is 2.33. The van der Waals surface area contributed by atoms with Gasteiger partial charge in [-0.2, -0.15) is 0 Å². The Bertz CT molecular complexity index is 592. The number of thioether (sulfide) groups is 1. The maximum absolute atomic E-state index is 13.6. The van der Waals surface area contributed by atoms with E-state index in [4.69, 9.17) is 23.2 Å². The van der Waals surface area contributed by atoms with Gasteiger partial charge in [0.15, 0.2) is 0 Å². The van der Waals surface area contributed by atoms with Crippen molar-refractivity contribution in [3.63, 3.8) is 0 Å². The molecule has 0 aliphatic carbocycles. The summed E-state index contributed by atoms with van der Waals surface area (Å²) in [5, 5.41) is 4.26. The third kappa shape index (κ3) is 3.67. The second-order valence-corrected chi connectivity index (χ2v) is 6.07. The minimum atomic E-state index is -0.204. The molecule has 0 aromatic heterocycles. The lowest BCUT2D eigenvalue weighted by atomic mass is 10.1. The van der Waals surface area contributed by atoms with E-state index in [-0.39, 0.29) is 11.9 Å². The molecule has 106 valence electrons. The third-order valence-electron chi connectivity index (χ3n) is 2.95. The van der Waals surface area contributed by atoms with Crippen molar-refractivity contribution in [3.05, 3.63) is 63.9 Å². The summed E-state index contributed by atoms with van der Waals surface area (Å²) < 4.78 is 13.6. The number of hydrogen-bond acceptors (Lipinski definition) is 2. The summed E-state index contributed by atoms with van der Waals surface area (Å²) in [6.07, 6.45) is 0. The fourth-order valence-corrected chi connectivity index (χ4v) is 3.37. The maximum atomic E-state index is 13.6. The molecule has 0 bridgehead atoms. The summed E-state index contributed by atoms with van der Waals surface area (Å²) in [4.78, 5) is 0.630. The predicted molar refractivity (Wildman–Crippen MR) is 85.4 cm³/mol. The number of hydrogen-bond donors (Lipinski definition) is 1. The van der Waals surface area contributed by atoms with Crippen molar-refractivity contribution in [2.45, 2.75) is 10.9 Å². The summed E-state index contributed by atoms with van der Waals surface area (Å²) >= 11 is 13.7. The van der Waals surface area contributed by atoms with E-state index in [0.29, 0.717) is 20.7 Å². The topological polar surface area (TPSA) is 12.0 Å². The average molecular weight is 330 g/mol. The first-order valence-corrected chi connectivity index (χ1v) is 7.86. The van der Waals surface area contributed by atoms with E-state index in [2.05, 4.69) is 5.32 Å². The van der Waals surface area contributed by atoms with E-state index in [1.54, 1.807) is 18.2 Å². The quantitative estimate of drug-likeness (QED) is 0.758. The molecule has 1 unspecified atom stereocenters. The minimum Gasteiger partial charge on any atom is -0.312 e. The van der Waals surface area contributed by atoms with E-state index in [9.17, 15) is 4.39 Å². The zero-order chi connectivity index (χ0) is 14.5. The second kappa shape index (κ2) is 7.32. The number of halogens is 3. The van der Waals surface area contributed by atoms with E-state index < -0.39 is 0 Å². The van der Waals surface area contributed by atoms with Crippen molar-refractivity contribution in [3.8, 4) is 0 Å². The highest BCUT2D eigenvalue weighted by atomic mass is 35.5. The van der Waals surface area contributed by atoms with E-state index in [0.717, 1.165) is 5.56 Å². The summed E-state index contributed by atoms with van der Waals surface area (Å²) in [6, 6.07) is 12.3. The molecule has 1 N–H and O–H groups in total. The second-order valence-electron chi connectivity index (χ2n) is 4.23. The van der Waals surface area contributed by atoms with Crippen molar-refractivity contribution < 1.29 is 4.39 Å². The monoisotopic (exact) mass is 329 g/mol. The average Bonchev–Trinajstić information content (AvgIpc) is 2.45. The molecular formula is C15H14Cl2FNS. The van der Waals surface area contributed by atoms with Gasteiger partial charge in [0.1, 0.15) is 5.82 Å². The van der Waals surface area contributed by atoms with Crippen molar-refractivity contribution in [2.24, 2.45) is 0 Å². The Morgan fingerprint density at radius 3 is 2.60 bits per heavy atom. The molecule has 0 radical (unpaired) electrons. The highest BCUT2D eigenvalue weighted by Gasteiger charge is 2.15. The molecule has 0 aliphatic rings. The molecule has 0 heterocycles. The van der Waals surface area contributed by atoms with Crippen LogP contribution in [0, 0.1) is 5.82 Å². The molecule has 0 fully saturated rings. The minimum absolute atomic E-state index is 0.00538. The zero-order valence-corrected chi connectivity index (χ0v) is 13.2. The van der Waals surface area contributed by atoms with Crippen LogP contribution < -0.4 is 5.32 Å². The lowest BCUT2D eigenvalue weighted by Crippen LogP contribution is -2.19. The molecule has 2 aromatic carbocycles. The predicted octanol–water partition coefficient (Wildman–Crippen LogP) is 5.19. The molecule has 0 spiro atoms. The highest BCUT2D eigenvalue weighted by molar-refractivity contribution is 7.99. The van der Waals surface area contributed by atoms with Gasteiger partial charge < -0.3 is 5.32 Å². The Hall–Kier alpha value is -0.740. The first-order valence-electron chi connectivity index (χ1n) is 6.12. The van der Waals surface area contributed by atoms with E-state index >= 15 is 0 Å². The van der Waals surface area contributed by atoms with Gasteiger partial charge in [0.25, 0.3) is 0 Å². The molecule has 0 saturated heterocycles. The molecule has 2 aromatic rings. The van der Waals surface area contributed by atoms with Crippen molar-refractivity contribution >= 4 is 35.0 Å². The largest absolute Gasteiger partial charge is 0.312 e. The Labute approximate surface area is 132 Å². The van der Waals surface area contributed by atoms with Crippen LogP contribution in [0.5, 0.6) is 0 Å². The van der Waals surface area contributed by atoms with Gasteiger partial charge in [-0.25, -0.2) is 4.39 Å². The Morgan fingerprint density at radius 1 is 1.15 bits per heavy atom. The van der Waals surface area contributed by atoms with Crippen molar-refractivity contribution in [1.82, 2.24) is 5.32 Å². The van der Waals surface area contributed by atoms with Gasteiger partial charge in [0, 0.05) is 16.7 Å². The molecule has 0 amide bonds. The maximum Gasteiger partial charge on any atom is 0.136 e. The van der Waals surface area contributed by atoms with Crippen LogP contribution in [0.15, 0.2) is 47.4 Å². The van der Waals surface area contributed by atoms with Gasteiger partial charge in [-0.05, 0) is 30.8 Å². The Morgan fingerprint density at radius 2 is 1.90 bits per heavy atom.